The van der Waals surface area contributed by atoms with Crippen LogP contribution >= 0.6 is 15.9 Å². The zero-order chi connectivity index (χ0) is 14.2. The van der Waals surface area contributed by atoms with Gasteiger partial charge in [0.15, 0.2) is 0 Å². The molecule has 2 atom stereocenters. The second-order valence-electron chi connectivity index (χ2n) is 5.43. The molecule has 1 N–H and O–H groups in total. The lowest BCUT2D eigenvalue weighted by molar-refractivity contribution is -0.0942. The summed E-state index contributed by atoms with van der Waals surface area (Å²) < 4.78 is 19.6. The summed E-state index contributed by atoms with van der Waals surface area (Å²) >= 11 is 3.17. The number of rotatable bonds is 3. The molecule has 0 radical (unpaired) electrons. The first kappa shape index (κ1) is 14.5. The molecule has 0 aliphatic heterocycles. The first-order valence-corrected chi connectivity index (χ1v) is 6.94. The predicted molar refractivity (Wildman–Crippen MR) is 74.5 cm³/mol. The van der Waals surface area contributed by atoms with Gasteiger partial charge in [-0.15, -0.1) is 0 Å². The van der Waals surface area contributed by atoms with Crippen LogP contribution in [0.15, 0.2) is 22.7 Å². The summed E-state index contributed by atoms with van der Waals surface area (Å²) in [5.41, 5.74) is -0.0594. The Morgan fingerprint density at radius 2 is 2.21 bits per heavy atom. The molecule has 2 rings (SSSR count). The lowest BCUT2D eigenvalue weighted by atomic mass is 9.64. The van der Waals surface area contributed by atoms with Crippen molar-refractivity contribution in [3.63, 3.8) is 0 Å². The molecule has 0 spiro atoms. The fourth-order valence-electron chi connectivity index (χ4n) is 2.44. The molecule has 0 heterocycles. The second kappa shape index (κ2) is 5.21. The zero-order valence-corrected chi connectivity index (χ0v) is 12.8. The minimum absolute atomic E-state index is 0.00740. The second-order valence-corrected chi connectivity index (χ2v) is 6.35. The van der Waals surface area contributed by atoms with Crippen molar-refractivity contribution in [3.8, 4) is 0 Å². The lowest BCUT2D eigenvalue weighted by Gasteiger charge is -2.51. The molecule has 19 heavy (non-hydrogen) atoms. The molecule has 3 nitrogen and oxygen atoms in total. The van der Waals surface area contributed by atoms with E-state index in [0.29, 0.717) is 4.47 Å². The van der Waals surface area contributed by atoms with E-state index >= 15 is 0 Å². The summed E-state index contributed by atoms with van der Waals surface area (Å²) in [5.74, 6) is -0.898. The van der Waals surface area contributed by atoms with Crippen LogP contribution in [-0.4, -0.2) is 25.2 Å². The van der Waals surface area contributed by atoms with Crippen LogP contribution in [-0.2, 0) is 4.74 Å². The summed E-state index contributed by atoms with van der Waals surface area (Å²) in [7, 11) is 1.67. The van der Waals surface area contributed by atoms with Gasteiger partial charge in [-0.3, -0.25) is 4.79 Å². The van der Waals surface area contributed by atoms with E-state index in [1.807, 2.05) is 13.8 Å². The van der Waals surface area contributed by atoms with Gasteiger partial charge in [0.25, 0.3) is 5.91 Å². The third kappa shape index (κ3) is 2.67. The molecule has 1 aliphatic carbocycles. The number of benzene rings is 1. The standard InChI is InChI=1S/C14H17BrFNO2/c1-14(2)11(7-12(14)19-3)17-13(18)9-5-4-8(15)6-10(9)16/h4-6,11-12H,7H2,1-3H3,(H,17,18). The fraction of sp³-hybridized carbons (Fsp3) is 0.500. The molecule has 1 aromatic rings. The van der Waals surface area contributed by atoms with Gasteiger partial charge in [-0.1, -0.05) is 29.8 Å². The van der Waals surface area contributed by atoms with Gasteiger partial charge in [0.05, 0.1) is 11.7 Å². The van der Waals surface area contributed by atoms with E-state index in [1.54, 1.807) is 13.2 Å². The maximum atomic E-state index is 13.7. The first-order valence-electron chi connectivity index (χ1n) is 6.15. The maximum Gasteiger partial charge on any atom is 0.254 e. The summed E-state index contributed by atoms with van der Waals surface area (Å²) in [6.07, 6.45) is 0.889. The van der Waals surface area contributed by atoms with Crippen LogP contribution in [0.2, 0.25) is 0 Å². The number of hydrogen-bond donors (Lipinski definition) is 1. The van der Waals surface area contributed by atoms with E-state index in [2.05, 4.69) is 21.2 Å². The van der Waals surface area contributed by atoms with Crippen molar-refractivity contribution < 1.29 is 13.9 Å². The molecule has 104 valence electrons. The Morgan fingerprint density at radius 1 is 1.53 bits per heavy atom. The van der Waals surface area contributed by atoms with Crippen LogP contribution in [0.4, 0.5) is 4.39 Å². The first-order chi connectivity index (χ1) is 8.86. The topological polar surface area (TPSA) is 38.3 Å². The Balaban J connectivity index is 2.07. The Morgan fingerprint density at radius 3 is 2.74 bits per heavy atom. The number of halogens is 2. The average Bonchev–Trinajstić information content (AvgIpc) is 2.33. The highest BCUT2D eigenvalue weighted by molar-refractivity contribution is 9.10. The van der Waals surface area contributed by atoms with Crippen molar-refractivity contribution in [3.05, 3.63) is 34.1 Å². The van der Waals surface area contributed by atoms with E-state index in [0.717, 1.165) is 6.42 Å². The fourth-order valence-corrected chi connectivity index (χ4v) is 2.77. The Hall–Kier alpha value is -0.940. The van der Waals surface area contributed by atoms with Gasteiger partial charge in [0.2, 0.25) is 0 Å². The van der Waals surface area contributed by atoms with E-state index in [1.165, 1.54) is 12.1 Å². The minimum atomic E-state index is -0.521. The molecule has 1 aromatic carbocycles. The van der Waals surface area contributed by atoms with E-state index in [-0.39, 0.29) is 29.0 Å². The molecule has 2 unspecified atom stereocenters. The molecule has 1 aliphatic rings. The SMILES string of the molecule is COC1CC(NC(=O)c2ccc(Br)cc2F)C1(C)C. The highest BCUT2D eigenvalue weighted by atomic mass is 79.9. The van der Waals surface area contributed by atoms with Crippen molar-refractivity contribution >= 4 is 21.8 Å². The summed E-state index contributed by atoms with van der Waals surface area (Å²) in [5, 5.41) is 2.87. The van der Waals surface area contributed by atoms with Crippen LogP contribution in [0.3, 0.4) is 0 Å². The quantitative estimate of drug-likeness (QED) is 0.925. The van der Waals surface area contributed by atoms with E-state index in [9.17, 15) is 9.18 Å². The summed E-state index contributed by atoms with van der Waals surface area (Å²) in [6.45, 7) is 4.07. The lowest BCUT2D eigenvalue weighted by Crippen LogP contribution is -2.61. The smallest absolute Gasteiger partial charge is 0.254 e. The van der Waals surface area contributed by atoms with Gasteiger partial charge in [-0.05, 0) is 24.6 Å². The number of amides is 1. The predicted octanol–water partition coefficient (Wildman–Crippen LogP) is 3.13. The third-order valence-corrected chi connectivity index (χ3v) is 4.44. The number of nitrogens with one attached hydrogen (secondary N) is 1. The maximum absolute atomic E-state index is 13.7. The van der Waals surface area contributed by atoms with Crippen molar-refractivity contribution in [1.82, 2.24) is 5.32 Å². The molecular formula is C14H17BrFNO2. The van der Waals surface area contributed by atoms with Gasteiger partial charge < -0.3 is 10.1 Å². The van der Waals surface area contributed by atoms with Crippen molar-refractivity contribution in [1.29, 1.82) is 0 Å². The molecule has 0 bridgehead atoms. The molecule has 1 amide bonds. The Bertz CT molecular complexity index is 504. The van der Waals surface area contributed by atoms with Crippen LogP contribution in [0.5, 0.6) is 0 Å². The van der Waals surface area contributed by atoms with Gasteiger partial charge in [-0.2, -0.15) is 0 Å². The third-order valence-electron chi connectivity index (χ3n) is 3.94. The van der Waals surface area contributed by atoms with Gasteiger partial charge in [0, 0.05) is 23.0 Å². The van der Waals surface area contributed by atoms with Crippen LogP contribution in [0, 0.1) is 11.2 Å². The molecule has 1 fully saturated rings. The normalized spacial score (nSPS) is 24.7. The van der Waals surface area contributed by atoms with Crippen LogP contribution in [0.25, 0.3) is 0 Å². The largest absolute Gasteiger partial charge is 0.381 e. The summed E-state index contributed by atoms with van der Waals surface area (Å²) in [6, 6.07) is 4.43. The molecule has 0 saturated heterocycles. The molecular weight excluding hydrogens is 313 g/mol. The number of carbonyl (C=O) groups is 1. The average molecular weight is 330 g/mol. The van der Waals surface area contributed by atoms with Gasteiger partial charge in [0.1, 0.15) is 5.82 Å². The van der Waals surface area contributed by atoms with E-state index < -0.39 is 5.82 Å². The Labute approximate surface area is 120 Å². The highest BCUT2D eigenvalue weighted by Crippen LogP contribution is 2.42. The van der Waals surface area contributed by atoms with Crippen molar-refractivity contribution in [2.45, 2.75) is 32.4 Å². The van der Waals surface area contributed by atoms with Crippen LogP contribution in [0.1, 0.15) is 30.6 Å². The van der Waals surface area contributed by atoms with Gasteiger partial charge >= 0.3 is 0 Å². The number of hydrogen-bond acceptors (Lipinski definition) is 2. The van der Waals surface area contributed by atoms with Gasteiger partial charge in [-0.25, -0.2) is 4.39 Å². The number of methoxy groups -OCH3 is 1. The van der Waals surface area contributed by atoms with E-state index in [4.69, 9.17) is 4.74 Å². The van der Waals surface area contributed by atoms with Crippen molar-refractivity contribution in [2.24, 2.45) is 5.41 Å². The Kier molecular flexibility index (Phi) is 3.97. The molecule has 5 heteroatoms. The number of ether oxygens (including phenoxy) is 1. The molecule has 0 aromatic heterocycles. The number of carbonyl (C=O) groups excluding carboxylic acids is 1. The highest BCUT2D eigenvalue weighted by Gasteiger charge is 2.49. The zero-order valence-electron chi connectivity index (χ0n) is 11.2. The molecule has 1 saturated carbocycles. The van der Waals surface area contributed by atoms with Crippen molar-refractivity contribution in [2.75, 3.05) is 7.11 Å². The monoisotopic (exact) mass is 329 g/mol. The van der Waals surface area contributed by atoms with Crippen LogP contribution < -0.4 is 5.32 Å². The minimum Gasteiger partial charge on any atom is -0.381 e. The summed E-state index contributed by atoms with van der Waals surface area (Å²) in [4.78, 5) is 12.1.